The molecule has 0 fully saturated rings. The van der Waals surface area contributed by atoms with E-state index in [1.807, 2.05) is 0 Å². The summed E-state index contributed by atoms with van der Waals surface area (Å²) in [6.45, 7) is 4.73. The van der Waals surface area contributed by atoms with Crippen LogP contribution in [-0.2, 0) is 5.41 Å². The highest BCUT2D eigenvalue weighted by Gasteiger charge is 2.36. The summed E-state index contributed by atoms with van der Waals surface area (Å²) in [4.78, 5) is 0. The van der Waals surface area contributed by atoms with Crippen LogP contribution in [0.1, 0.15) is 25.0 Å². The number of para-hydroxylation sites is 2. The zero-order valence-corrected chi connectivity index (χ0v) is 36.6. The van der Waals surface area contributed by atoms with Crippen molar-refractivity contribution in [1.29, 1.82) is 0 Å². The molecule has 3 heteroatoms. The van der Waals surface area contributed by atoms with Gasteiger partial charge in [0.25, 0.3) is 0 Å². The molecule has 3 aromatic heterocycles. The summed E-state index contributed by atoms with van der Waals surface area (Å²) in [6, 6.07) is 80.1. The maximum atomic E-state index is 6.65. The molecule has 0 N–H and O–H groups in total. The van der Waals surface area contributed by atoms with E-state index in [0.29, 0.717) is 0 Å². The topological polar surface area (TPSA) is 23.0 Å². The molecule has 66 heavy (non-hydrogen) atoms. The van der Waals surface area contributed by atoms with Crippen LogP contribution < -0.4 is 0 Å². The van der Waals surface area contributed by atoms with E-state index in [1.54, 1.807) is 0 Å². The van der Waals surface area contributed by atoms with E-state index in [2.05, 4.69) is 241 Å². The van der Waals surface area contributed by atoms with Gasteiger partial charge in [-0.2, -0.15) is 0 Å². The first-order chi connectivity index (χ1) is 32.5. The molecule has 0 spiro atoms. The van der Waals surface area contributed by atoms with E-state index >= 15 is 0 Å². The van der Waals surface area contributed by atoms with Gasteiger partial charge in [-0.15, -0.1) is 0 Å². The van der Waals surface area contributed by atoms with Gasteiger partial charge in [0.1, 0.15) is 11.2 Å². The van der Waals surface area contributed by atoms with Crippen molar-refractivity contribution >= 4 is 65.6 Å². The molecule has 13 aromatic rings. The fraction of sp³-hybridized carbons (Fsp3) is 0.0476. The third-order valence-electron chi connectivity index (χ3n) is 14.5. The van der Waals surface area contributed by atoms with Crippen molar-refractivity contribution < 1.29 is 4.42 Å². The molecule has 310 valence electrons. The molecule has 0 unspecified atom stereocenters. The Hall–Kier alpha value is -8.40. The number of hydrogen-bond acceptors (Lipinski definition) is 1. The van der Waals surface area contributed by atoms with E-state index in [9.17, 15) is 0 Å². The van der Waals surface area contributed by atoms with Crippen molar-refractivity contribution in [3.05, 3.63) is 230 Å². The lowest BCUT2D eigenvalue weighted by Gasteiger charge is -2.21. The maximum absolute atomic E-state index is 6.65. The van der Waals surface area contributed by atoms with E-state index < -0.39 is 0 Å². The van der Waals surface area contributed by atoms with Gasteiger partial charge in [0.2, 0.25) is 0 Å². The van der Waals surface area contributed by atoms with Gasteiger partial charge in [0, 0.05) is 49.1 Å². The van der Waals surface area contributed by atoms with Gasteiger partial charge in [-0.25, -0.2) is 0 Å². The molecule has 3 nitrogen and oxygen atoms in total. The predicted octanol–water partition coefficient (Wildman–Crippen LogP) is 17.1. The van der Waals surface area contributed by atoms with Crippen LogP contribution in [0.15, 0.2) is 223 Å². The predicted molar refractivity (Wildman–Crippen MR) is 276 cm³/mol. The van der Waals surface area contributed by atoms with Crippen molar-refractivity contribution in [2.45, 2.75) is 19.3 Å². The largest absolute Gasteiger partial charge is 0.456 e. The number of fused-ring (bicyclic) bond motifs is 12. The van der Waals surface area contributed by atoms with Crippen molar-refractivity contribution in [3.63, 3.8) is 0 Å². The highest BCUT2D eigenvalue weighted by molar-refractivity contribution is 6.17. The minimum Gasteiger partial charge on any atom is -0.456 e. The number of furan rings is 1. The number of aromatic nitrogens is 2. The van der Waals surface area contributed by atoms with E-state index in [4.69, 9.17) is 4.42 Å². The summed E-state index contributed by atoms with van der Waals surface area (Å²) in [5.41, 5.74) is 21.3. The highest BCUT2D eigenvalue weighted by atomic mass is 16.3. The van der Waals surface area contributed by atoms with Gasteiger partial charge in [-0.1, -0.05) is 141 Å². The van der Waals surface area contributed by atoms with Gasteiger partial charge in [0.05, 0.1) is 22.1 Å². The highest BCUT2D eigenvalue weighted by Crippen LogP contribution is 2.51. The average Bonchev–Trinajstić information content (AvgIpc) is 4.08. The van der Waals surface area contributed by atoms with Gasteiger partial charge in [-0.05, 0) is 147 Å². The first-order valence-corrected chi connectivity index (χ1v) is 22.9. The fourth-order valence-electron chi connectivity index (χ4n) is 11.4. The van der Waals surface area contributed by atoms with Crippen LogP contribution in [0.4, 0.5) is 0 Å². The summed E-state index contributed by atoms with van der Waals surface area (Å²) in [5.74, 6) is 0. The van der Waals surface area contributed by atoms with Crippen LogP contribution in [0.2, 0.25) is 0 Å². The van der Waals surface area contributed by atoms with E-state index in [1.165, 1.54) is 82.6 Å². The lowest BCUT2D eigenvalue weighted by molar-refractivity contribution is 0.661. The number of rotatable bonds is 5. The Morgan fingerprint density at radius 1 is 0.318 bits per heavy atom. The molecule has 0 aliphatic heterocycles. The Morgan fingerprint density at radius 2 is 0.818 bits per heavy atom. The molecular formula is C63H42N2O. The second-order valence-corrected chi connectivity index (χ2v) is 18.5. The second-order valence-electron chi connectivity index (χ2n) is 18.5. The zero-order valence-electron chi connectivity index (χ0n) is 36.6. The Morgan fingerprint density at radius 3 is 1.48 bits per heavy atom. The van der Waals surface area contributed by atoms with Gasteiger partial charge in [0.15, 0.2) is 0 Å². The number of benzene rings is 10. The molecule has 0 atom stereocenters. The summed E-state index contributed by atoms with van der Waals surface area (Å²) in [5, 5.41) is 7.19. The molecule has 3 heterocycles. The quantitative estimate of drug-likeness (QED) is 0.169. The smallest absolute Gasteiger partial charge is 0.136 e. The summed E-state index contributed by atoms with van der Waals surface area (Å²) < 4.78 is 11.5. The van der Waals surface area contributed by atoms with Crippen LogP contribution in [0, 0.1) is 0 Å². The van der Waals surface area contributed by atoms with Gasteiger partial charge >= 0.3 is 0 Å². The minimum absolute atomic E-state index is 0.0937. The Bertz CT molecular complexity index is 4110. The minimum atomic E-state index is -0.0937. The van der Waals surface area contributed by atoms with Crippen molar-refractivity contribution in [1.82, 2.24) is 9.13 Å². The molecule has 1 aliphatic rings. The molecule has 10 aromatic carbocycles. The van der Waals surface area contributed by atoms with Crippen LogP contribution >= 0.6 is 0 Å². The average molecular weight is 843 g/mol. The molecule has 0 saturated heterocycles. The SMILES string of the molecule is CC1(C)c2ccccc2-c2cc3c4cc(-c5ccc6oc7cccc(-c8ccc9c(c8)c8cc(-c%10ccccc%10)ccc8n9-c8ccccc8)c7c6c5)ccc4n(-c4ccccc4)c3cc21. The molecule has 0 saturated carbocycles. The van der Waals surface area contributed by atoms with E-state index in [0.717, 1.165) is 50.0 Å². The molecule has 0 radical (unpaired) electrons. The zero-order chi connectivity index (χ0) is 43.7. The molecule has 0 amide bonds. The normalized spacial score (nSPS) is 13.1. The second kappa shape index (κ2) is 13.8. The van der Waals surface area contributed by atoms with Crippen LogP contribution in [0.5, 0.6) is 0 Å². The lowest BCUT2D eigenvalue weighted by Crippen LogP contribution is -2.14. The van der Waals surface area contributed by atoms with Crippen molar-refractivity contribution in [3.8, 4) is 55.9 Å². The first kappa shape index (κ1) is 37.0. The third-order valence-corrected chi connectivity index (χ3v) is 14.5. The Kier molecular flexibility index (Phi) is 7.74. The number of hydrogen-bond donors (Lipinski definition) is 0. The molecule has 0 bridgehead atoms. The summed E-state index contributed by atoms with van der Waals surface area (Å²) >= 11 is 0. The third kappa shape index (κ3) is 5.31. The monoisotopic (exact) mass is 842 g/mol. The van der Waals surface area contributed by atoms with E-state index in [-0.39, 0.29) is 5.41 Å². The van der Waals surface area contributed by atoms with Gasteiger partial charge < -0.3 is 13.6 Å². The van der Waals surface area contributed by atoms with Crippen LogP contribution in [-0.4, -0.2) is 9.13 Å². The standard InChI is InChI=1S/C63H42N2O/c1-63(2)54-23-13-12-21-47(54)48-37-52-50-34-41(26-30-58(50)65(59(52)38-55(48)63)45-19-10-5-11-20-45)42-28-32-60-53(35-42)62-46(22-14-24-61(62)66-60)43-27-31-57-51(36-43)49-33-40(39-15-6-3-7-16-39)25-29-56(49)64(57)44-17-8-4-9-18-44/h3-38H,1-2H3. The fourth-order valence-corrected chi connectivity index (χ4v) is 11.4. The summed E-state index contributed by atoms with van der Waals surface area (Å²) in [6.07, 6.45) is 0. The molecule has 14 rings (SSSR count). The lowest BCUT2D eigenvalue weighted by atomic mass is 9.82. The number of nitrogens with zero attached hydrogens (tertiary/aromatic N) is 2. The Balaban J connectivity index is 0.952. The molecular weight excluding hydrogens is 801 g/mol. The van der Waals surface area contributed by atoms with Gasteiger partial charge in [-0.3, -0.25) is 0 Å². The van der Waals surface area contributed by atoms with Crippen LogP contribution in [0.3, 0.4) is 0 Å². The molecule has 1 aliphatic carbocycles. The summed E-state index contributed by atoms with van der Waals surface area (Å²) in [7, 11) is 0. The van der Waals surface area contributed by atoms with Crippen molar-refractivity contribution in [2.75, 3.05) is 0 Å². The first-order valence-electron chi connectivity index (χ1n) is 22.9. The van der Waals surface area contributed by atoms with Crippen LogP contribution in [0.25, 0.3) is 121 Å². The Labute approximate surface area is 382 Å². The maximum Gasteiger partial charge on any atom is 0.136 e. The van der Waals surface area contributed by atoms with Crippen molar-refractivity contribution in [2.24, 2.45) is 0 Å².